The molecule has 0 saturated heterocycles. The molecular weight excluding hydrogens is 358 g/mol. The van der Waals surface area contributed by atoms with Crippen molar-refractivity contribution in [1.82, 2.24) is 10.6 Å². The van der Waals surface area contributed by atoms with Gasteiger partial charge in [-0.1, -0.05) is 24.3 Å². The number of allylic oxidation sites excluding steroid dienone is 1. The summed E-state index contributed by atoms with van der Waals surface area (Å²) in [6.07, 6.45) is 0. The van der Waals surface area contributed by atoms with Gasteiger partial charge in [-0.2, -0.15) is 0 Å². The number of amides is 1. The quantitative estimate of drug-likeness (QED) is 0.704. The molecule has 0 aliphatic carbocycles. The van der Waals surface area contributed by atoms with E-state index < -0.39 is 0 Å². The summed E-state index contributed by atoms with van der Waals surface area (Å²) in [6.45, 7) is 5.89. The summed E-state index contributed by atoms with van der Waals surface area (Å²) in [6, 6.07) is 13.1. The summed E-state index contributed by atoms with van der Waals surface area (Å²) in [5.41, 5.74) is 5.27. The highest BCUT2D eigenvalue weighted by molar-refractivity contribution is 7.80. The van der Waals surface area contributed by atoms with Crippen LogP contribution in [0.5, 0.6) is 5.75 Å². The molecule has 5 nitrogen and oxygen atoms in total. The van der Waals surface area contributed by atoms with E-state index in [2.05, 4.69) is 16.0 Å². The number of carbonyl (C=O) groups is 1. The lowest BCUT2D eigenvalue weighted by Gasteiger charge is -2.30. The van der Waals surface area contributed by atoms with Crippen LogP contribution in [0.1, 0.15) is 29.7 Å². The molecule has 140 valence electrons. The van der Waals surface area contributed by atoms with Crippen LogP contribution >= 0.6 is 12.2 Å². The smallest absolute Gasteiger partial charge is 0.255 e. The van der Waals surface area contributed by atoms with Crippen molar-refractivity contribution < 1.29 is 9.53 Å². The number of carbonyl (C=O) groups excluding carboxylic acids is 1. The third-order valence-electron chi connectivity index (χ3n) is 4.82. The normalized spacial score (nSPS) is 16.4. The van der Waals surface area contributed by atoms with E-state index in [4.69, 9.17) is 17.0 Å². The van der Waals surface area contributed by atoms with Gasteiger partial charge in [0.25, 0.3) is 5.91 Å². The molecule has 0 spiro atoms. The Morgan fingerprint density at radius 3 is 2.48 bits per heavy atom. The van der Waals surface area contributed by atoms with Crippen LogP contribution in [-0.2, 0) is 4.79 Å². The number of rotatable bonds is 4. The molecule has 1 unspecified atom stereocenters. The second-order valence-corrected chi connectivity index (χ2v) is 6.95. The number of hydrogen-bond donors (Lipinski definition) is 3. The fraction of sp³-hybridized carbons (Fsp3) is 0.238. The molecule has 2 aromatic rings. The number of aryl methyl sites for hydroxylation is 1. The van der Waals surface area contributed by atoms with E-state index in [0.29, 0.717) is 10.7 Å². The predicted molar refractivity (Wildman–Crippen MR) is 112 cm³/mol. The highest BCUT2D eigenvalue weighted by Crippen LogP contribution is 2.29. The van der Waals surface area contributed by atoms with E-state index in [1.165, 1.54) is 0 Å². The Kier molecular flexibility index (Phi) is 5.46. The molecule has 3 N–H and O–H groups in total. The Morgan fingerprint density at radius 2 is 1.81 bits per heavy atom. The van der Waals surface area contributed by atoms with Crippen LogP contribution in [-0.4, -0.2) is 18.1 Å². The highest BCUT2D eigenvalue weighted by atomic mass is 32.1. The standard InChI is InChI=1S/C21H23N3O2S/c1-12-6-5-7-17(13(12)2)23-20(25)18-14(3)22-21(27)24-19(18)15-8-10-16(26-4)11-9-15/h5-11,19H,1-4H3,(H,23,25)(H2,22,24,27). The molecule has 0 saturated carbocycles. The van der Waals surface area contributed by atoms with E-state index in [1.807, 2.05) is 63.2 Å². The number of hydrogen-bond acceptors (Lipinski definition) is 3. The van der Waals surface area contributed by atoms with Crippen LogP contribution in [0.4, 0.5) is 5.69 Å². The number of anilines is 1. The van der Waals surface area contributed by atoms with E-state index in [1.54, 1.807) is 7.11 Å². The van der Waals surface area contributed by atoms with Crippen molar-refractivity contribution in [2.75, 3.05) is 12.4 Å². The van der Waals surface area contributed by atoms with Gasteiger partial charge in [0.1, 0.15) is 5.75 Å². The van der Waals surface area contributed by atoms with Crippen LogP contribution < -0.4 is 20.7 Å². The third kappa shape index (κ3) is 3.95. The molecule has 27 heavy (non-hydrogen) atoms. The van der Waals surface area contributed by atoms with Crippen molar-refractivity contribution >= 4 is 28.9 Å². The first-order valence-electron chi connectivity index (χ1n) is 8.70. The van der Waals surface area contributed by atoms with E-state index >= 15 is 0 Å². The van der Waals surface area contributed by atoms with Crippen molar-refractivity contribution in [3.8, 4) is 5.75 Å². The summed E-state index contributed by atoms with van der Waals surface area (Å²) in [5, 5.41) is 9.80. The van der Waals surface area contributed by atoms with Gasteiger partial charge in [-0.3, -0.25) is 4.79 Å². The van der Waals surface area contributed by atoms with Gasteiger partial charge in [-0.25, -0.2) is 0 Å². The van der Waals surface area contributed by atoms with Crippen LogP contribution in [0.2, 0.25) is 0 Å². The fourth-order valence-corrected chi connectivity index (χ4v) is 3.39. The number of benzene rings is 2. The first-order chi connectivity index (χ1) is 12.9. The van der Waals surface area contributed by atoms with Gasteiger partial charge in [0, 0.05) is 11.4 Å². The zero-order valence-corrected chi connectivity index (χ0v) is 16.7. The maximum absolute atomic E-state index is 13.1. The zero-order valence-electron chi connectivity index (χ0n) is 15.8. The summed E-state index contributed by atoms with van der Waals surface area (Å²) >= 11 is 5.30. The minimum absolute atomic E-state index is 0.162. The van der Waals surface area contributed by atoms with Crippen molar-refractivity contribution in [2.45, 2.75) is 26.8 Å². The average molecular weight is 382 g/mol. The monoisotopic (exact) mass is 381 g/mol. The third-order valence-corrected chi connectivity index (χ3v) is 5.04. The minimum atomic E-state index is -0.338. The van der Waals surface area contributed by atoms with Gasteiger partial charge in [-0.05, 0) is 67.9 Å². The summed E-state index contributed by atoms with van der Waals surface area (Å²) in [4.78, 5) is 13.1. The lowest BCUT2D eigenvalue weighted by atomic mass is 9.94. The zero-order chi connectivity index (χ0) is 19.6. The first-order valence-corrected chi connectivity index (χ1v) is 9.11. The van der Waals surface area contributed by atoms with Crippen LogP contribution in [0.25, 0.3) is 0 Å². The summed E-state index contributed by atoms with van der Waals surface area (Å²) in [7, 11) is 1.63. The SMILES string of the molecule is COc1ccc(C2NC(=S)NC(C)=C2C(=O)Nc2cccc(C)c2C)cc1. The van der Waals surface area contributed by atoms with E-state index in [9.17, 15) is 4.79 Å². The predicted octanol–water partition coefficient (Wildman–Crippen LogP) is 3.74. The second-order valence-electron chi connectivity index (χ2n) is 6.54. The lowest BCUT2D eigenvalue weighted by molar-refractivity contribution is -0.113. The van der Waals surface area contributed by atoms with Crippen molar-refractivity contribution in [2.24, 2.45) is 0 Å². The molecule has 1 amide bonds. The van der Waals surface area contributed by atoms with Gasteiger partial charge in [0.15, 0.2) is 5.11 Å². The average Bonchev–Trinajstić information content (AvgIpc) is 2.64. The van der Waals surface area contributed by atoms with Gasteiger partial charge >= 0.3 is 0 Å². The van der Waals surface area contributed by atoms with Crippen LogP contribution in [0.3, 0.4) is 0 Å². The number of nitrogens with one attached hydrogen (secondary N) is 3. The molecule has 6 heteroatoms. The molecule has 0 bridgehead atoms. The van der Waals surface area contributed by atoms with E-state index in [-0.39, 0.29) is 11.9 Å². The van der Waals surface area contributed by atoms with Gasteiger partial charge in [0.05, 0.1) is 18.7 Å². The molecule has 3 rings (SSSR count). The van der Waals surface area contributed by atoms with Gasteiger partial charge in [-0.15, -0.1) is 0 Å². The largest absolute Gasteiger partial charge is 0.497 e. The molecule has 0 aromatic heterocycles. The van der Waals surface area contributed by atoms with Crippen molar-refractivity contribution in [3.05, 3.63) is 70.4 Å². The Labute approximate surface area is 164 Å². The number of thiocarbonyl (C=S) groups is 1. The molecule has 1 aliphatic rings. The van der Waals surface area contributed by atoms with Gasteiger partial charge < -0.3 is 20.7 Å². The first kappa shape index (κ1) is 18.9. The molecule has 2 aromatic carbocycles. The Bertz CT molecular complexity index is 920. The summed E-state index contributed by atoms with van der Waals surface area (Å²) < 4.78 is 5.23. The van der Waals surface area contributed by atoms with E-state index in [0.717, 1.165) is 33.8 Å². The van der Waals surface area contributed by atoms with Gasteiger partial charge in [0.2, 0.25) is 0 Å². The number of ether oxygens (including phenoxy) is 1. The second kappa shape index (κ2) is 7.80. The molecule has 0 fully saturated rings. The highest BCUT2D eigenvalue weighted by Gasteiger charge is 2.30. The topological polar surface area (TPSA) is 62.4 Å². The van der Waals surface area contributed by atoms with Crippen molar-refractivity contribution in [3.63, 3.8) is 0 Å². The Morgan fingerprint density at radius 1 is 1.11 bits per heavy atom. The lowest BCUT2D eigenvalue weighted by Crippen LogP contribution is -2.45. The van der Waals surface area contributed by atoms with Crippen LogP contribution in [0.15, 0.2) is 53.7 Å². The summed E-state index contributed by atoms with van der Waals surface area (Å²) in [5.74, 6) is 0.599. The Balaban J connectivity index is 1.95. The van der Waals surface area contributed by atoms with Crippen molar-refractivity contribution in [1.29, 1.82) is 0 Å². The molecule has 1 heterocycles. The molecular formula is C21H23N3O2S. The fourth-order valence-electron chi connectivity index (χ4n) is 3.12. The Hall–Kier alpha value is -2.86. The number of methoxy groups -OCH3 is 1. The molecule has 0 radical (unpaired) electrons. The molecule has 1 atom stereocenters. The molecule has 1 aliphatic heterocycles. The maximum Gasteiger partial charge on any atom is 0.255 e. The minimum Gasteiger partial charge on any atom is -0.497 e. The maximum atomic E-state index is 13.1. The van der Waals surface area contributed by atoms with Crippen LogP contribution in [0, 0.1) is 13.8 Å².